The van der Waals surface area contributed by atoms with Crippen LogP contribution in [-0.4, -0.2) is 30.6 Å². The lowest BCUT2D eigenvalue weighted by molar-refractivity contribution is 0.881. The van der Waals surface area contributed by atoms with Crippen molar-refractivity contribution in [3.63, 3.8) is 0 Å². The minimum atomic E-state index is 0.443. The van der Waals surface area contributed by atoms with E-state index in [1.54, 1.807) is 12.4 Å². The van der Waals surface area contributed by atoms with Crippen LogP contribution in [0.2, 0.25) is 0 Å². The van der Waals surface area contributed by atoms with Gasteiger partial charge in [0, 0.05) is 12.4 Å². The molecule has 0 aliphatic heterocycles. The Hall–Kier alpha value is -1.57. The Morgan fingerprint density at radius 2 is 2.14 bits per heavy atom. The number of aromatic amines is 1. The van der Waals surface area contributed by atoms with Gasteiger partial charge in [0.2, 0.25) is 5.95 Å². The molecule has 0 spiro atoms. The molecule has 72 valence electrons. The standard InChI is InChI=1S/C6H6BrN7/c7-4-1-8-6(9-2-4)10-3-5-11-13-14-12-5/h1-2H,3H2,(H,8,9,10)(H,11,12,13,14). The van der Waals surface area contributed by atoms with Gasteiger partial charge < -0.3 is 5.32 Å². The highest BCUT2D eigenvalue weighted by Gasteiger charge is 1.99. The van der Waals surface area contributed by atoms with Crippen molar-refractivity contribution in [2.45, 2.75) is 6.54 Å². The number of halogens is 1. The second-order valence-corrected chi connectivity index (χ2v) is 3.32. The molecule has 0 fully saturated rings. The lowest BCUT2D eigenvalue weighted by Crippen LogP contribution is -2.04. The van der Waals surface area contributed by atoms with Gasteiger partial charge in [-0.3, -0.25) is 0 Å². The second-order valence-electron chi connectivity index (χ2n) is 2.41. The number of hydrogen-bond donors (Lipinski definition) is 2. The quantitative estimate of drug-likeness (QED) is 0.823. The molecule has 0 saturated heterocycles. The van der Waals surface area contributed by atoms with E-state index in [-0.39, 0.29) is 0 Å². The van der Waals surface area contributed by atoms with Gasteiger partial charge in [-0.1, -0.05) is 5.21 Å². The molecule has 2 heterocycles. The number of rotatable bonds is 3. The fourth-order valence-electron chi connectivity index (χ4n) is 0.819. The van der Waals surface area contributed by atoms with Crippen LogP contribution >= 0.6 is 15.9 Å². The number of tetrazole rings is 1. The molecule has 0 aliphatic carbocycles. The average Bonchev–Trinajstić information content (AvgIpc) is 2.70. The molecule has 2 rings (SSSR count). The molecule has 14 heavy (non-hydrogen) atoms. The average molecular weight is 256 g/mol. The van der Waals surface area contributed by atoms with E-state index in [9.17, 15) is 0 Å². The van der Waals surface area contributed by atoms with E-state index in [1.165, 1.54) is 0 Å². The topological polar surface area (TPSA) is 92.3 Å². The Bertz CT molecular complexity index is 383. The molecule has 0 radical (unpaired) electrons. The number of hydrogen-bond acceptors (Lipinski definition) is 6. The molecule has 2 N–H and O–H groups in total. The van der Waals surface area contributed by atoms with Gasteiger partial charge in [0.1, 0.15) is 0 Å². The zero-order valence-corrected chi connectivity index (χ0v) is 8.56. The maximum absolute atomic E-state index is 4.02. The first-order valence-corrected chi connectivity index (χ1v) is 4.57. The first-order chi connectivity index (χ1) is 6.84. The molecule has 7 nitrogen and oxygen atoms in total. The van der Waals surface area contributed by atoms with Crippen LogP contribution in [-0.2, 0) is 6.54 Å². The van der Waals surface area contributed by atoms with Crippen molar-refractivity contribution < 1.29 is 0 Å². The maximum Gasteiger partial charge on any atom is 0.223 e. The van der Waals surface area contributed by atoms with Crippen molar-refractivity contribution in [2.75, 3.05) is 5.32 Å². The normalized spacial score (nSPS) is 10.1. The lowest BCUT2D eigenvalue weighted by atomic mass is 10.6. The monoisotopic (exact) mass is 255 g/mol. The van der Waals surface area contributed by atoms with Crippen LogP contribution in [0, 0.1) is 0 Å². The second kappa shape index (κ2) is 4.09. The van der Waals surface area contributed by atoms with Gasteiger partial charge in [-0.15, -0.1) is 10.2 Å². The SMILES string of the molecule is Brc1cnc(NCc2nn[nH]n2)nc1. The summed E-state index contributed by atoms with van der Waals surface area (Å²) in [6.07, 6.45) is 3.32. The summed E-state index contributed by atoms with van der Waals surface area (Å²) in [5.41, 5.74) is 0. The zero-order valence-electron chi connectivity index (χ0n) is 6.98. The third-order valence-corrected chi connectivity index (χ3v) is 1.82. The fraction of sp³-hybridized carbons (Fsp3) is 0.167. The van der Waals surface area contributed by atoms with E-state index in [0.29, 0.717) is 18.3 Å². The van der Waals surface area contributed by atoms with Gasteiger partial charge in [-0.05, 0) is 15.9 Å². The van der Waals surface area contributed by atoms with Crippen LogP contribution in [0.25, 0.3) is 0 Å². The highest BCUT2D eigenvalue weighted by Crippen LogP contribution is 2.06. The Kier molecular flexibility index (Phi) is 2.63. The molecule has 2 aromatic heterocycles. The Balaban J connectivity index is 1.95. The van der Waals surface area contributed by atoms with Crippen LogP contribution in [0.5, 0.6) is 0 Å². The van der Waals surface area contributed by atoms with E-state index in [4.69, 9.17) is 0 Å². The minimum Gasteiger partial charge on any atom is -0.347 e. The van der Waals surface area contributed by atoms with Crippen LogP contribution in [0.4, 0.5) is 5.95 Å². The van der Waals surface area contributed by atoms with Gasteiger partial charge in [-0.2, -0.15) is 5.21 Å². The summed E-state index contributed by atoms with van der Waals surface area (Å²) in [6.45, 7) is 0.443. The first kappa shape index (κ1) is 9.00. The highest BCUT2D eigenvalue weighted by molar-refractivity contribution is 9.10. The largest absolute Gasteiger partial charge is 0.347 e. The number of nitrogens with zero attached hydrogens (tertiary/aromatic N) is 5. The van der Waals surface area contributed by atoms with Crippen molar-refractivity contribution in [2.24, 2.45) is 0 Å². The van der Waals surface area contributed by atoms with E-state index < -0.39 is 0 Å². The van der Waals surface area contributed by atoms with Gasteiger partial charge >= 0.3 is 0 Å². The van der Waals surface area contributed by atoms with Crippen LogP contribution in [0.3, 0.4) is 0 Å². The molecular weight excluding hydrogens is 250 g/mol. The Labute approximate surface area is 87.5 Å². The van der Waals surface area contributed by atoms with Gasteiger partial charge in [0.15, 0.2) is 5.82 Å². The van der Waals surface area contributed by atoms with Crippen molar-refractivity contribution in [1.82, 2.24) is 30.6 Å². The molecule has 0 amide bonds. The number of aromatic nitrogens is 6. The summed E-state index contributed by atoms with van der Waals surface area (Å²) in [7, 11) is 0. The predicted octanol–water partition coefficient (Wildman–Crippen LogP) is 0.364. The van der Waals surface area contributed by atoms with Gasteiger partial charge in [0.05, 0.1) is 11.0 Å². The highest BCUT2D eigenvalue weighted by atomic mass is 79.9. The van der Waals surface area contributed by atoms with Gasteiger partial charge in [-0.25, -0.2) is 9.97 Å². The third-order valence-electron chi connectivity index (χ3n) is 1.41. The summed E-state index contributed by atoms with van der Waals surface area (Å²) in [5.74, 6) is 1.09. The summed E-state index contributed by atoms with van der Waals surface area (Å²) >= 11 is 3.24. The fourth-order valence-corrected chi connectivity index (χ4v) is 1.02. The molecular formula is C6H6BrN7. The van der Waals surface area contributed by atoms with Crippen molar-refractivity contribution in [1.29, 1.82) is 0 Å². The summed E-state index contributed by atoms with van der Waals surface area (Å²) in [5, 5.41) is 16.3. The predicted molar refractivity (Wildman–Crippen MR) is 51.2 cm³/mol. The van der Waals surface area contributed by atoms with Crippen LogP contribution in [0.1, 0.15) is 5.82 Å². The molecule has 2 aromatic rings. The number of nitrogens with one attached hydrogen (secondary N) is 2. The molecule has 0 saturated carbocycles. The molecule has 0 aromatic carbocycles. The molecule has 0 bridgehead atoms. The number of anilines is 1. The third kappa shape index (κ3) is 2.22. The van der Waals surface area contributed by atoms with E-state index in [1.807, 2.05) is 0 Å². The smallest absolute Gasteiger partial charge is 0.223 e. The van der Waals surface area contributed by atoms with Gasteiger partial charge in [0.25, 0.3) is 0 Å². The first-order valence-electron chi connectivity index (χ1n) is 3.78. The van der Waals surface area contributed by atoms with E-state index in [2.05, 4.69) is 51.8 Å². The molecule has 8 heteroatoms. The Morgan fingerprint density at radius 3 is 2.79 bits per heavy atom. The van der Waals surface area contributed by atoms with Crippen molar-refractivity contribution in [3.8, 4) is 0 Å². The van der Waals surface area contributed by atoms with Crippen molar-refractivity contribution in [3.05, 3.63) is 22.7 Å². The summed E-state index contributed by atoms with van der Waals surface area (Å²) in [4.78, 5) is 8.04. The zero-order chi connectivity index (χ0) is 9.80. The van der Waals surface area contributed by atoms with Crippen LogP contribution in [0.15, 0.2) is 16.9 Å². The molecule has 0 aliphatic rings. The van der Waals surface area contributed by atoms with E-state index >= 15 is 0 Å². The maximum atomic E-state index is 4.02. The molecule has 0 atom stereocenters. The lowest BCUT2D eigenvalue weighted by Gasteiger charge is -1.99. The van der Waals surface area contributed by atoms with Crippen LogP contribution < -0.4 is 5.32 Å². The molecule has 0 unspecified atom stereocenters. The minimum absolute atomic E-state index is 0.443. The van der Waals surface area contributed by atoms with Crippen molar-refractivity contribution >= 4 is 21.9 Å². The Morgan fingerprint density at radius 1 is 1.36 bits per heavy atom. The van der Waals surface area contributed by atoms with E-state index in [0.717, 1.165) is 4.47 Å². The number of H-pyrrole nitrogens is 1. The summed E-state index contributed by atoms with van der Waals surface area (Å²) in [6, 6.07) is 0. The summed E-state index contributed by atoms with van der Waals surface area (Å²) < 4.78 is 0.836.